The zero-order valence-electron chi connectivity index (χ0n) is 21.2. The van der Waals surface area contributed by atoms with Gasteiger partial charge in [0.25, 0.3) is 0 Å². The summed E-state index contributed by atoms with van der Waals surface area (Å²) in [6.07, 6.45) is 0. The van der Waals surface area contributed by atoms with Crippen molar-refractivity contribution in [3.63, 3.8) is 0 Å². The number of nitrogens with zero attached hydrogens (tertiary/aromatic N) is 2. The molecule has 0 fully saturated rings. The molecule has 0 N–H and O–H groups in total. The first-order chi connectivity index (χ1) is 17.9. The van der Waals surface area contributed by atoms with Gasteiger partial charge in [-0.1, -0.05) is 46.8 Å². The van der Waals surface area contributed by atoms with Crippen LogP contribution in [0, 0.1) is 13.8 Å². The number of hydrogen-bond acceptors (Lipinski definition) is 8. The van der Waals surface area contributed by atoms with Crippen molar-refractivity contribution < 1.29 is 36.1 Å². The molecule has 0 saturated heterocycles. The largest absolute Gasteiger partial charge is 2.00 e. The Morgan fingerprint density at radius 2 is 1.05 bits per heavy atom. The van der Waals surface area contributed by atoms with Gasteiger partial charge in [0.15, 0.2) is 0 Å². The van der Waals surface area contributed by atoms with Gasteiger partial charge >= 0.3 is 28.3 Å². The summed E-state index contributed by atoms with van der Waals surface area (Å²) < 4.78 is 9.82. The van der Waals surface area contributed by atoms with Crippen LogP contribution in [0.15, 0.2) is 89.1 Å². The second-order valence-corrected chi connectivity index (χ2v) is 8.99. The van der Waals surface area contributed by atoms with E-state index < -0.39 is 22.8 Å². The van der Waals surface area contributed by atoms with Crippen LogP contribution in [0.3, 0.4) is 0 Å². The number of halogens is 2. The Morgan fingerprint density at radius 1 is 0.692 bits per heavy atom. The molecule has 0 atom stereocenters. The molecule has 0 saturated carbocycles. The van der Waals surface area contributed by atoms with Crippen molar-refractivity contribution in [3.8, 4) is 11.5 Å². The van der Waals surface area contributed by atoms with Gasteiger partial charge < -0.3 is 19.0 Å². The summed E-state index contributed by atoms with van der Waals surface area (Å²) in [7, 11) is 0. The summed E-state index contributed by atoms with van der Waals surface area (Å²) in [5.41, 5.74) is 0.313. The fraction of sp³-hybridized carbons (Fsp3) is 0.143. The van der Waals surface area contributed by atoms with Crippen molar-refractivity contribution in [1.29, 1.82) is 0 Å². The van der Waals surface area contributed by atoms with Crippen LogP contribution in [0.4, 0.5) is 11.4 Å². The molecule has 0 aliphatic carbocycles. The Bertz CT molecular complexity index is 1540. The second-order valence-electron chi connectivity index (χ2n) is 8.12. The Morgan fingerprint density at radius 3 is 1.36 bits per heavy atom. The molecule has 2 aromatic carbocycles. The predicted octanol–water partition coefficient (Wildman–Crippen LogP) is 5.63. The first-order valence-electron chi connectivity index (χ1n) is 11.2. The minimum atomic E-state index is -0.673. The molecule has 0 spiro atoms. The second kappa shape index (κ2) is 14.0. The summed E-state index contributed by atoms with van der Waals surface area (Å²) in [5, 5.41) is 24.7. The van der Waals surface area contributed by atoms with Gasteiger partial charge in [-0.25, -0.2) is 9.59 Å². The molecule has 205 valence electrons. The number of aryl methyl sites for hydroxylation is 2. The molecule has 0 unspecified atom stereocenters. The van der Waals surface area contributed by atoms with E-state index >= 15 is 0 Å². The zero-order valence-corrected chi connectivity index (χ0v) is 23.6. The van der Waals surface area contributed by atoms with E-state index in [0.717, 1.165) is 0 Å². The third kappa shape index (κ3) is 8.70. The SMILES string of the molecule is CC(=Nc1cccc(Cl)c1)c1c([O-])cc(C)oc1=O.CC(=Nc1cccc(Cl)c1)c1c([O-])cc(C)oc1=O.[Cu+2]. The van der Waals surface area contributed by atoms with Crippen molar-refractivity contribution in [2.75, 3.05) is 0 Å². The van der Waals surface area contributed by atoms with Crippen LogP contribution in [0.1, 0.15) is 36.5 Å². The van der Waals surface area contributed by atoms with Crippen molar-refractivity contribution >= 4 is 46.0 Å². The number of benzene rings is 2. The molecule has 1 radical (unpaired) electrons. The molecule has 0 bridgehead atoms. The van der Waals surface area contributed by atoms with E-state index in [1.807, 2.05) is 0 Å². The van der Waals surface area contributed by atoms with Gasteiger partial charge in [-0.3, -0.25) is 9.98 Å². The Hall–Kier alpha value is -3.62. The van der Waals surface area contributed by atoms with Crippen molar-refractivity contribution in [2.45, 2.75) is 27.7 Å². The molecule has 4 rings (SSSR count). The minimum absolute atomic E-state index is 0. The molecular formula is C28H22Cl2CuN2O6. The Labute approximate surface area is 244 Å². The van der Waals surface area contributed by atoms with Crippen molar-refractivity contribution in [2.24, 2.45) is 9.98 Å². The Balaban J connectivity index is 0.000000267. The molecule has 8 nitrogen and oxygen atoms in total. The molecule has 2 heterocycles. The van der Waals surface area contributed by atoms with Crippen LogP contribution >= 0.6 is 23.2 Å². The van der Waals surface area contributed by atoms with Gasteiger partial charge in [0, 0.05) is 10.0 Å². The topological polar surface area (TPSA) is 131 Å². The zero-order chi connectivity index (χ0) is 28.0. The van der Waals surface area contributed by atoms with E-state index in [9.17, 15) is 19.8 Å². The summed E-state index contributed by atoms with van der Waals surface area (Å²) in [6.45, 7) is 6.28. The first-order valence-corrected chi connectivity index (χ1v) is 12.0. The van der Waals surface area contributed by atoms with Crippen LogP contribution in [-0.4, -0.2) is 11.4 Å². The van der Waals surface area contributed by atoms with Crippen molar-refractivity contribution in [3.05, 3.63) is 114 Å². The summed E-state index contributed by atoms with van der Waals surface area (Å²) in [5.74, 6) is -0.210. The molecule has 11 heteroatoms. The number of aliphatic imine (C=N–C) groups is 2. The van der Waals surface area contributed by atoms with Gasteiger partial charge in [-0.15, -0.1) is 0 Å². The van der Waals surface area contributed by atoms with Gasteiger partial charge in [-0.05, 0) is 76.2 Å². The number of rotatable bonds is 4. The van der Waals surface area contributed by atoms with Crippen LogP contribution in [0.5, 0.6) is 11.5 Å². The summed E-state index contributed by atoms with van der Waals surface area (Å²) in [4.78, 5) is 31.8. The monoisotopic (exact) mass is 615 g/mol. The molecule has 0 amide bonds. The third-order valence-electron chi connectivity index (χ3n) is 5.01. The fourth-order valence-corrected chi connectivity index (χ4v) is 3.78. The van der Waals surface area contributed by atoms with Gasteiger partial charge in [0.2, 0.25) is 0 Å². The Kier molecular flexibility index (Phi) is 11.3. The first kappa shape index (κ1) is 31.6. The number of hydrogen-bond donors (Lipinski definition) is 0. The van der Waals surface area contributed by atoms with E-state index in [2.05, 4.69) is 9.98 Å². The van der Waals surface area contributed by atoms with Gasteiger partial charge in [0.05, 0.1) is 33.9 Å². The van der Waals surface area contributed by atoms with E-state index in [0.29, 0.717) is 32.8 Å². The average molecular weight is 617 g/mol. The van der Waals surface area contributed by atoms with Crippen molar-refractivity contribution in [1.82, 2.24) is 0 Å². The molecule has 4 aromatic rings. The summed E-state index contributed by atoms with van der Waals surface area (Å²) in [6, 6.07) is 16.2. The third-order valence-corrected chi connectivity index (χ3v) is 5.48. The predicted molar refractivity (Wildman–Crippen MR) is 145 cm³/mol. The van der Waals surface area contributed by atoms with Crippen LogP contribution in [-0.2, 0) is 17.1 Å². The minimum Gasteiger partial charge on any atom is -0.872 e. The quantitative estimate of drug-likeness (QED) is 0.216. The van der Waals surface area contributed by atoms with Gasteiger partial charge in [0.1, 0.15) is 11.5 Å². The van der Waals surface area contributed by atoms with Gasteiger partial charge in [-0.2, -0.15) is 0 Å². The fourth-order valence-electron chi connectivity index (χ4n) is 3.41. The summed E-state index contributed by atoms with van der Waals surface area (Å²) >= 11 is 11.7. The maximum atomic E-state index is 11.8. The van der Waals surface area contributed by atoms with E-state index in [4.69, 9.17) is 32.0 Å². The molecule has 39 heavy (non-hydrogen) atoms. The normalized spacial score (nSPS) is 11.3. The van der Waals surface area contributed by atoms with Crippen LogP contribution < -0.4 is 21.5 Å². The maximum Gasteiger partial charge on any atom is 2.00 e. The van der Waals surface area contributed by atoms with Crippen LogP contribution in [0.2, 0.25) is 10.0 Å². The molecule has 0 aliphatic rings. The molecule has 2 aromatic heterocycles. The average Bonchev–Trinajstić information content (AvgIpc) is 2.78. The van der Waals surface area contributed by atoms with Crippen LogP contribution in [0.25, 0.3) is 0 Å². The van der Waals surface area contributed by atoms with E-state index in [1.165, 1.54) is 12.1 Å². The van der Waals surface area contributed by atoms with E-state index in [1.54, 1.807) is 76.2 Å². The molecular weight excluding hydrogens is 595 g/mol. The van der Waals surface area contributed by atoms with E-state index in [-0.39, 0.29) is 39.7 Å². The smallest absolute Gasteiger partial charge is 0.872 e. The standard InChI is InChI=1S/2C14H12ClNO3.Cu/c2*1-8-6-12(17)13(14(18)19-8)9(2)16-11-5-3-4-10(15)7-11;/h2*3-7,17H,1-2H3;/q;;+2/p-2. The molecule has 0 aliphatic heterocycles. The maximum absolute atomic E-state index is 11.8.